The summed E-state index contributed by atoms with van der Waals surface area (Å²) in [6.45, 7) is 13.0. The molecule has 190 valence electrons. The Kier molecular flexibility index (Phi) is 5.25. The van der Waals surface area contributed by atoms with Crippen LogP contribution in [0.15, 0.2) is 60.2 Å². The fraction of sp³-hybridized carbons (Fsp3) is 0.562. The van der Waals surface area contributed by atoms with Crippen molar-refractivity contribution in [3.8, 4) is 0 Å². The quantitative estimate of drug-likeness (QED) is 0.460. The van der Waals surface area contributed by atoms with Crippen LogP contribution in [0.1, 0.15) is 71.8 Å². The van der Waals surface area contributed by atoms with Gasteiger partial charge < -0.3 is 9.47 Å². The minimum Gasteiger partial charge on any atom is -0.344 e. The van der Waals surface area contributed by atoms with Gasteiger partial charge in [0.15, 0.2) is 23.0 Å². The number of ketones is 2. The summed E-state index contributed by atoms with van der Waals surface area (Å²) in [5.74, 6) is 0.661. The van der Waals surface area contributed by atoms with Crippen molar-refractivity contribution in [1.82, 2.24) is 0 Å². The van der Waals surface area contributed by atoms with Crippen LogP contribution in [0.25, 0.3) is 6.08 Å². The van der Waals surface area contributed by atoms with Gasteiger partial charge in [0.2, 0.25) is 0 Å². The number of hydrogen-bond donors (Lipinski definition) is 0. The Labute approximate surface area is 214 Å². The number of carbonyl (C=O) groups is 2. The number of hydrogen-bond acceptors (Lipinski definition) is 4. The second kappa shape index (κ2) is 7.85. The Morgan fingerprint density at radius 2 is 1.83 bits per heavy atom. The zero-order valence-corrected chi connectivity index (χ0v) is 22.0. The smallest absolute Gasteiger partial charge is 0.190 e. The van der Waals surface area contributed by atoms with Crippen molar-refractivity contribution in [2.24, 2.45) is 28.6 Å². The molecule has 4 aliphatic carbocycles. The summed E-state index contributed by atoms with van der Waals surface area (Å²) in [5, 5.41) is 0. The van der Waals surface area contributed by atoms with Crippen LogP contribution in [0.4, 0.5) is 0 Å². The van der Waals surface area contributed by atoms with Gasteiger partial charge in [-0.15, -0.1) is 0 Å². The first kappa shape index (κ1) is 24.1. The van der Waals surface area contributed by atoms with Crippen molar-refractivity contribution in [3.05, 3.63) is 65.8 Å². The molecule has 0 aromatic heterocycles. The monoisotopic (exact) mass is 486 g/mol. The fourth-order valence-electron chi connectivity index (χ4n) is 8.96. The molecule has 1 saturated heterocycles. The molecule has 36 heavy (non-hydrogen) atoms. The van der Waals surface area contributed by atoms with E-state index in [9.17, 15) is 9.59 Å². The highest BCUT2D eigenvalue weighted by Gasteiger charge is 2.75. The van der Waals surface area contributed by atoms with Crippen LogP contribution in [0.3, 0.4) is 0 Å². The van der Waals surface area contributed by atoms with E-state index in [0.29, 0.717) is 24.2 Å². The van der Waals surface area contributed by atoms with Crippen molar-refractivity contribution < 1.29 is 19.1 Å². The molecular formula is C32H38O4. The van der Waals surface area contributed by atoms with Crippen molar-refractivity contribution >= 4 is 17.6 Å². The molecule has 0 bridgehead atoms. The van der Waals surface area contributed by atoms with Gasteiger partial charge in [-0.3, -0.25) is 9.59 Å². The Hall–Kier alpha value is -2.30. The van der Waals surface area contributed by atoms with E-state index in [1.807, 2.05) is 56.3 Å². The molecule has 4 fully saturated rings. The molecule has 0 spiro atoms. The highest BCUT2D eigenvalue weighted by atomic mass is 16.8. The number of ether oxygens (including phenoxy) is 2. The molecule has 3 saturated carbocycles. The van der Waals surface area contributed by atoms with E-state index in [1.165, 1.54) is 5.57 Å². The molecule has 7 atom stereocenters. The third kappa shape index (κ3) is 3.20. The highest BCUT2D eigenvalue weighted by molar-refractivity contribution is 6.02. The maximum atomic E-state index is 14.2. The van der Waals surface area contributed by atoms with Gasteiger partial charge in [-0.25, -0.2) is 0 Å². The lowest BCUT2D eigenvalue weighted by molar-refractivity contribution is -0.212. The predicted octanol–water partition coefficient (Wildman–Crippen LogP) is 6.47. The van der Waals surface area contributed by atoms with Crippen LogP contribution in [0, 0.1) is 28.6 Å². The third-order valence-corrected chi connectivity index (χ3v) is 10.5. The lowest BCUT2D eigenvalue weighted by Crippen LogP contribution is -2.60. The van der Waals surface area contributed by atoms with E-state index >= 15 is 0 Å². The normalized spacial score (nSPS) is 42.9. The minimum atomic E-state index is -0.988. The molecule has 1 aromatic rings. The predicted molar refractivity (Wildman–Crippen MR) is 140 cm³/mol. The van der Waals surface area contributed by atoms with Gasteiger partial charge in [0, 0.05) is 11.8 Å². The molecule has 1 aromatic carbocycles. The van der Waals surface area contributed by atoms with Crippen LogP contribution < -0.4 is 0 Å². The van der Waals surface area contributed by atoms with Crippen molar-refractivity contribution in [2.45, 2.75) is 83.7 Å². The van der Waals surface area contributed by atoms with Crippen LogP contribution in [0.5, 0.6) is 0 Å². The van der Waals surface area contributed by atoms with E-state index in [1.54, 1.807) is 6.08 Å². The molecule has 4 nitrogen and oxygen atoms in total. The summed E-state index contributed by atoms with van der Waals surface area (Å²) in [6, 6.07) is 9.96. The molecule has 0 radical (unpaired) electrons. The largest absolute Gasteiger partial charge is 0.344 e. The van der Waals surface area contributed by atoms with Crippen molar-refractivity contribution in [3.63, 3.8) is 0 Å². The summed E-state index contributed by atoms with van der Waals surface area (Å²) in [7, 11) is 0. The number of benzene rings is 1. The maximum Gasteiger partial charge on any atom is 0.190 e. The van der Waals surface area contributed by atoms with E-state index in [-0.39, 0.29) is 28.5 Å². The summed E-state index contributed by atoms with van der Waals surface area (Å²) < 4.78 is 13.2. The van der Waals surface area contributed by atoms with Gasteiger partial charge in [0.05, 0.1) is 6.10 Å². The second-order valence-electron chi connectivity index (χ2n) is 12.8. The zero-order chi connectivity index (χ0) is 25.5. The Morgan fingerprint density at radius 1 is 1.08 bits per heavy atom. The summed E-state index contributed by atoms with van der Waals surface area (Å²) in [5.41, 5.74) is 1.97. The lowest BCUT2D eigenvalue weighted by Gasteiger charge is -2.59. The average molecular weight is 487 g/mol. The van der Waals surface area contributed by atoms with Crippen LogP contribution in [-0.4, -0.2) is 29.1 Å². The minimum absolute atomic E-state index is 0.0156. The van der Waals surface area contributed by atoms with Gasteiger partial charge in [-0.05, 0) is 92.4 Å². The first-order valence-electron chi connectivity index (χ1n) is 13.6. The first-order valence-corrected chi connectivity index (χ1v) is 13.6. The number of carbonyl (C=O) groups excluding carboxylic acids is 2. The SMILES string of the molecule is C=C1C[C@@H]2[C@H](CC[C@@]3(C)[C@H]2C[C@H]2OC(C)(C)OC23C(=O)C=Cc2ccccc2)[C@@]2(C)CCC(=O)C=C12. The summed E-state index contributed by atoms with van der Waals surface area (Å²) in [4.78, 5) is 26.4. The molecule has 5 aliphatic rings. The number of fused-ring (bicyclic) bond motifs is 7. The Morgan fingerprint density at radius 3 is 2.58 bits per heavy atom. The van der Waals surface area contributed by atoms with Gasteiger partial charge in [0.1, 0.15) is 0 Å². The van der Waals surface area contributed by atoms with E-state index in [0.717, 1.165) is 43.2 Å². The van der Waals surface area contributed by atoms with Crippen LogP contribution >= 0.6 is 0 Å². The standard InChI is InChI=1S/C32H38O4/c1-20-17-23-24(30(4)15-13-22(33)18-25(20)30)14-16-31(5)26(23)19-28-32(31,36-29(2,3)35-28)27(34)12-11-21-9-7-6-8-10-21/h6-12,18,23-24,26,28H,1,13-17,19H2,2-5H3/t23-,24+,26+,28-,30-,31+,32?/m1/s1. The van der Waals surface area contributed by atoms with E-state index in [2.05, 4.69) is 20.4 Å². The number of rotatable bonds is 3. The van der Waals surface area contributed by atoms with Gasteiger partial charge in [0.25, 0.3) is 0 Å². The van der Waals surface area contributed by atoms with Crippen LogP contribution in [-0.2, 0) is 19.1 Å². The van der Waals surface area contributed by atoms with E-state index < -0.39 is 11.4 Å². The van der Waals surface area contributed by atoms with Crippen molar-refractivity contribution in [1.29, 1.82) is 0 Å². The maximum absolute atomic E-state index is 14.2. The molecule has 0 amide bonds. The van der Waals surface area contributed by atoms with Crippen LogP contribution in [0.2, 0.25) is 0 Å². The number of allylic oxidation sites excluding steroid dienone is 2. The summed E-state index contributed by atoms with van der Waals surface area (Å²) >= 11 is 0. The molecular weight excluding hydrogens is 448 g/mol. The summed E-state index contributed by atoms with van der Waals surface area (Å²) in [6.07, 6.45) is 10.4. The molecule has 1 aliphatic heterocycles. The van der Waals surface area contributed by atoms with Gasteiger partial charge >= 0.3 is 0 Å². The molecule has 1 heterocycles. The van der Waals surface area contributed by atoms with E-state index in [4.69, 9.17) is 9.47 Å². The lowest BCUT2D eigenvalue weighted by atomic mass is 9.45. The third-order valence-electron chi connectivity index (χ3n) is 10.5. The molecule has 0 N–H and O–H groups in total. The van der Waals surface area contributed by atoms with Gasteiger partial charge in [-0.2, -0.15) is 0 Å². The average Bonchev–Trinajstić information content (AvgIpc) is 3.25. The Balaban J connectivity index is 1.39. The fourth-order valence-corrected chi connectivity index (χ4v) is 8.96. The second-order valence-corrected chi connectivity index (χ2v) is 12.8. The first-order chi connectivity index (χ1) is 17.0. The Bertz CT molecular complexity index is 1190. The molecule has 6 rings (SSSR count). The van der Waals surface area contributed by atoms with Crippen molar-refractivity contribution in [2.75, 3.05) is 0 Å². The zero-order valence-electron chi connectivity index (χ0n) is 22.0. The molecule has 1 unspecified atom stereocenters. The molecule has 4 heteroatoms. The highest BCUT2D eigenvalue weighted by Crippen LogP contribution is 2.71. The van der Waals surface area contributed by atoms with Gasteiger partial charge in [-0.1, -0.05) is 62.4 Å². The topological polar surface area (TPSA) is 52.6 Å².